The molecule has 2 amide bonds. The first kappa shape index (κ1) is 19.8. The zero-order chi connectivity index (χ0) is 19.8. The van der Waals surface area contributed by atoms with Crippen molar-refractivity contribution in [2.24, 2.45) is 0 Å². The predicted octanol–water partition coefficient (Wildman–Crippen LogP) is 3.45. The SMILES string of the molecule is O=C(CCC(=O)c1ccc(-c2ccccc2)cc1)NCCC(=O)N1CCCC1. The lowest BCUT2D eigenvalue weighted by atomic mass is 10.0. The molecule has 5 nitrogen and oxygen atoms in total. The molecule has 1 fully saturated rings. The second-order valence-electron chi connectivity index (χ2n) is 7.05. The van der Waals surface area contributed by atoms with Gasteiger partial charge >= 0.3 is 0 Å². The van der Waals surface area contributed by atoms with E-state index in [1.54, 1.807) is 12.1 Å². The van der Waals surface area contributed by atoms with Crippen LogP contribution in [-0.2, 0) is 9.59 Å². The Morgan fingerprint density at radius 2 is 1.43 bits per heavy atom. The summed E-state index contributed by atoms with van der Waals surface area (Å²) >= 11 is 0. The zero-order valence-corrected chi connectivity index (χ0v) is 16.0. The summed E-state index contributed by atoms with van der Waals surface area (Å²) in [6, 6.07) is 17.4. The molecule has 1 aliphatic heterocycles. The molecule has 3 rings (SSSR count). The van der Waals surface area contributed by atoms with Gasteiger partial charge < -0.3 is 10.2 Å². The third-order valence-electron chi connectivity index (χ3n) is 5.01. The lowest BCUT2D eigenvalue weighted by Crippen LogP contribution is -2.32. The highest BCUT2D eigenvalue weighted by atomic mass is 16.2. The summed E-state index contributed by atoms with van der Waals surface area (Å²) in [4.78, 5) is 38.0. The second-order valence-corrected chi connectivity index (χ2v) is 7.05. The molecule has 28 heavy (non-hydrogen) atoms. The minimum Gasteiger partial charge on any atom is -0.356 e. The van der Waals surface area contributed by atoms with Crippen LogP contribution < -0.4 is 5.32 Å². The topological polar surface area (TPSA) is 66.5 Å². The summed E-state index contributed by atoms with van der Waals surface area (Å²) in [7, 11) is 0. The molecular weight excluding hydrogens is 352 g/mol. The Morgan fingerprint density at radius 3 is 2.11 bits per heavy atom. The van der Waals surface area contributed by atoms with Crippen LogP contribution in [-0.4, -0.2) is 42.1 Å². The Labute approximate surface area is 165 Å². The smallest absolute Gasteiger partial charge is 0.224 e. The van der Waals surface area contributed by atoms with Crippen molar-refractivity contribution in [1.29, 1.82) is 0 Å². The summed E-state index contributed by atoms with van der Waals surface area (Å²) in [5.74, 6) is -0.154. The van der Waals surface area contributed by atoms with Gasteiger partial charge in [-0.05, 0) is 24.0 Å². The molecule has 2 aromatic carbocycles. The van der Waals surface area contributed by atoms with E-state index in [9.17, 15) is 14.4 Å². The van der Waals surface area contributed by atoms with Crippen LogP contribution in [0.25, 0.3) is 11.1 Å². The Kier molecular flexibility index (Phi) is 6.95. The van der Waals surface area contributed by atoms with E-state index >= 15 is 0 Å². The molecule has 5 heteroatoms. The van der Waals surface area contributed by atoms with Crippen LogP contribution in [0.5, 0.6) is 0 Å². The average Bonchev–Trinajstić information content (AvgIpc) is 3.28. The van der Waals surface area contributed by atoms with Crippen molar-refractivity contribution in [1.82, 2.24) is 10.2 Å². The molecule has 0 unspecified atom stereocenters. The number of likely N-dealkylation sites (tertiary alicyclic amines) is 1. The maximum Gasteiger partial charge on any atom is 0.224 e. The van der Waals surface area contributed by atoms with Crippen LogP contribution in [0.1, 0.15) is 42.5 Å². The van der Waals surface area contributed by atoms with E-state index in [0.29, 0.717) is 18.5 Å². The quantitative estimate of drug-likeness (QED) is 0.716. The maximum atomic E-state index is 12.3. The van der Waals surface area contributed by atoms with Crippen LogP contribution >= 0.6 is 0 Å². The standard InChI is InChI=1S/C23H26N2O3/c26-21(20-10-8-19(9-11-20)18-6-2-1-3-7-18)12-13-22(27)24-15-14-23(28)25-16-4-5-17-25/h1-3,6-11H,4-5,12-17H2,(H,24,27). The molecule has 0 spiro atoms. The Hall–Kier alpha value is -2.95. The van der Waals surface area contributed by atoms with E-state index in [4.69, 9.17) is 0 Å². The van der Waals surface area contributed by atoms with E-state index in [-0.39, 0.29) is 30.4 Å². The summed E-state index contributed by atoms with van der Waals surface area (Å²) in [5.41, 5.74) is 2.76. The van der Waals surface area contributed by atoms with Gasteiger partial charge in [0.15, 0.2) is 5.78 Å². The number of Topliss-reactive ketones (excluding diaryl/α,β-unsaturated/α-hetero) is 1. The molecule has 1 N–H and O–H groups in total. The van der Waals surface area contributed by atoms with Crippen LogP contribution in [0, 0.1) is 0 Å². The molecule has 146 valence electrons. The molecule has 0 atom stereocenters. The summed E-state index contributed by atoms with van der Waals surface area (Å²) in [6.45, 7) is 1.98. The average molecular weight is 378 g/mol. The molecule has 1 heterocycles. The molecule has 2 aromatic rings. The number of nitrogens with one attached hydrogen (secondary N) is 1. The normalized spacial score (nSPS) is 13.4. The summed E-state index contributed by atoms with van der Waals surface area (Å²) in [6.07, 6.45) is 2.74. The number of carbonyl (C=O) groups excluding carboxylic acids is 3. The molecule has 0 radical (unpaired) electrons. The summed E-state index contributed by atoms with van der Waals surface area (Å²) in [5, 5.41) is 2.74. The first-order chi connectivity index (χ1) is 13.6. The van der Waals surface area contributed by atoms with Crippen molar-refractivity contribution in [2.45, 2.75) is 32.1 Å². The molecule has 1 aliphatic rings. The van der Waals surface area contributed by atoms with Gasteiger partial charge in [0.05, 0.1) is 0 Å². The van der Waals surface area contributed by atoms with E-state index in [1.165, 1.54) is 0 Å². The maximum absolute atomic E-state index is 12.3. The van der Waals surface area contributed by atoms with Crippen molar-refractivity contribution in [2.75, 3.05) is 19.6 Å². The van der Waals surface area contributed by atoms with Gasteiger partial charge in [-0.15, -0.1) is 0 Å². The third kappa shape index (κ3) is 5.52. The van der Waals surface area contributed by atoms with Gasteiger partial charge in [0.2, 0.25) is 11.8 Å². The molecule has 0 aromatic heterocycles. The van der Waals surface area contributed by atoms with Crippen LogP contribution in [0.15, 0.2) is 54.6 Å². The van der Waals surface area contributed by atoms with Gasteiger partial charge in [-0.2, -0.15) is 0 Å². The minimum atomic E-state index is -0.191. The van der Waals surface area contributed by atoms with Gasteiger partial charge in [0.1, 0.15) is 0 Å². The van der Waals surface area contributed by atoms with Crippen molar-refractivity contribution < 1.29 is 14.4 Å². The van der Waals surface area contributed by atoms with Crippen molar-refractivity contribution in [3.05, 3.63) is 60.2 Å². The number of amides is 2. The number of hydrogen-bond donors (Lipinski definition) is 1. The first-order valence-electron chi connectivity index (χ1n) is 9.86. The largest absolute Gasteiger partial charge is 0.356 e. The van der Waals surface area contributed by atoms with Crippen LogP contribution in [0.4, 0.5) is 0 Å². The molecule has 0 saturated carbocycles. The summed E-state index contributed by atoms with van der Waals surface area (Å²) < 4.78 is 0. The fourth-order valence-electron chi connectivity index (χ4n) is 3.37. The number of ketones is 1. The van der Waals surface area contributed by atoms with E-state index in [0.717, 1.165) is 37.1 Å². The highest BCUT2D eigenvalue weighted by molar-refractivity contribution is 5.98. The highest BCUT2D eigenvalue weighted by Gasteiger charge is 2.17. The Morgan fingerprint density at radius 1 is 0.786 bits per heavy atom. The zero-order valence-electron chi connectivity index (χ0n) is 16.0. The van der Waals surface area contributed by atoms with Gasteiger partial charge in [-0.1, -0.05) is 54.6 Å². The molecular formula is C23H26N2O3. The Balaban J connectivity index is 1.39. The van der Waals surface area contributed by atoms with Gasteiger partial charge in [0.25, 0.3) is 0 Å². The van der Waals surface area contributed by atoms with Crippen molar-refractivity contribution >= 4 is 17.6 Å². The van der Waals surface area contributed by atoms with E-state index in [2.05, 4.69) is 5.32 Å². The van der Waals surface area contributed by atoms with Gasteiger partial charge in [-0.25, -0.2) is 0 Å². The van der Waals surface area contributed by atoms with Crippen LogP contribution in [0.2, 0.25) is 0 Å². The van der Waals surface area contributed by atoms with Crippen molar-refractivity contribution in [3.8, 4) is 11.1 Å². The second kappa shape index (κ2) is 9.83. The van der Waals surface area contributed by atoms with Gasteiger partial charge in [0, 0.05) is 44.5 Å². The lowest BCUT2D eigenvalue weighted by molar-refractivity contribution is -0.130. The molecule has 0 bridgehead atoms. The third-order valence-corrected chi connectivity index (χ3v) is 5.01. The fraction of sp³-hybridized carbons (Fsp3) is 0.348. The number of hydrogen-bond acceptors (Lipinski definition) is 3. The number of carbonyl (C=O) groups is 3. The number of rotatable bonds is 8. The lowest BCUT2D eigenvalue weighted by Gasteiger charge is -2.15. The predicted molar refractivity (Wildman–Crippen MR) is 109 cm³/mol. The van der Waals surface area contributed by atoms with Crippen LogP contribution in [0.3, 0.4) is 0 Å². The van der Waals surface area contributed by atoms with Gasteiger partial charge in [-0.3, -0.25) is 14.4 Å². The highest BCUT2D eigenvalue weighted by Crippen LogP contribution is 2.20. The first-order valence-corrected chi connectivity index (χ1v) is 9.86. The number of benzene rings is 2. The fourth-order valence-corrected chi connectivity index (χ4v) is 3.37. The molecule has 1 saturated heterocycles. The number of nitrogens with zero attached hydrogens (tertiary/aromatic N) is 1. The van der Waals surface area contributed by atoms with Crippen molar-refractivity contribution in [3.63, 3.8) is 0 Å². The molecule has 0 aliphatic carbocycles. The monoisotopic (exact) mass is 378 g/mol. The van der Waals surface area contributed by atoms with E-state index in [1.807, 2.05) is 47.4 Å². The Bertz CT molecular complexity index is 810. The van der Waals surface area contributed by atoms with E-state index < -0.39 is 0 Å². The minimum absolute atomic E-state index is 0.0529.